The van der Waals surface area contributed by atoms with Crippen molar-refractivity contribution in [2.75, 3.05) is 26.2 Å². The number of hydrogen-bond donors (Lipinski definition) is 2. The van der Waals surface area contributed by atoms with Gasteiger partial charge in [-0.2, -0.15) is 0 Å². The molecule has 1 aromatic heterocycles. The van der Waals surface area contributed by atoms with Crippen molar-refractivity contribution >= 4 is 5.97 Å². The lowest BCUT2D eigenvalue weighted by atomic mass is 10.2. The van der Waals surface area contributed by atoms with Gasteiger partial charge >= 0.3 is 5.97 Å². The summed E-state index contributed by atoms with van der Waals surface area (Å²) < 4.78 is 4.91. The molecule has 0 aromatic carbocycles. The van der Waals surface area contributed by atoms with E-state index in [4.69, 9.17) is 9.52 Å². The predicted molar refractivity (Wildman–Crippen MR) is 69.8 cm³/mol. The van der Waals surface area contributed by atoms with Crippen molar-refractivity contribution in [3.8, 4) is 0 Å². The van der Waals surface area contributed by atoms with Gasteiger partial charge in [0.2, 0.25) is 5.76 Å². The predicted octanol–water partition coefficient (Wildman–Crippen LogP) is 1.80. The molecule has 0 atom stereocenters. The van der Waals surface area contributed by atoms with Crippen molar-refractivity contribution in [1.29, 1.82) is 0 Å². The topological polar surface area (TPSA) is 65.7 Å². The Morgan fingerprint density at radius 2 is 2.17 bits per heavy atom. The zero-order valence-electron chi connectivity index (χ0n) is 11.1. The van der Waals surface area contributed by atoms with E-state index in [2.05, 4.69) is 24.1 Å². The van der Waals surface area contributed by atoms with Gasteiger partial charge in [-0.3, -0.25) is 0 Å². The second kappa shape index (κ2) is 7.89. The Bertz CT molecular complexity index is 359. The second-order valence-corrected chi connectivity index (χ2v) is 4.14. The minimum atomic E-state index is -1.01. The molecule has 102 valence electrons. The monoisotopic (exact) mass is 254 g/mol. The Morgan fingerprint density at radius 3 is 2.78 bits per heavy atom. The molecule has 0 aliphatic carbocycles. The van der Waals surface area contributed by atoms with Gasteiger partial charge in [0.15, 0.2) is 0 Å². The fourth-order valence-corrected chi connectivity index (χ4v) is 1.85. The Balaban J connectivity index is 2.22. The van der Waals surface area contributed by atoms with E-state index >= 15 is 0 Å². The third kappa shape index (κ3) is 4.50. The van der Waals surface area contributed by atoms with Crippen LogP contribution in [0.4, 0.5) is 0 Å². The Morgan fingerprint density at radius 1 is 1.44 bits per heavy atom. The smallest absolute Gasteiger partial charge is 0.372 e. The van der Waals surface area contributed by atoms with Crippen molar-refractivity contribution in [2.24, 2.45) is 0 Å². The number of carbonyl (C=O) groups is 1. The summed E-state index contributed by atoms with van der Waals surface area (Å²) in [5.41, 5.74) is 0.699. The normalized spacial score (nSPS) is 11.1. The molecule has 1 heterocycles. The number of carboxylic acids is 1. The van der Waals surface area contributed by atoms with Gasteiger partial charge in [0, 0.05) is 12.1 Å². The molecule has 0 aliphatic heterocycles. The van der Waals surface area contributed by atoms with E-state index < -0.39 is 5.97 Å². The molecule has 0 bridgehead atoms. The van der Waals surface area contributed by atoms with Crippen LogP contribution in [0.25, 0.3) is 0 Å². The Hall–Kier alpha value is -1.33. The second-order valence-electron chi connectivity index (χ2n) is 4.14. The van der Waals surface area contributed by atoms with Crippen LogP contribution in [-0.2, 0) is 6.54 Å². The van der Waals surface area contributed by atoms with Crippen LogP contribution < -0.4 is 5.32 Å². The van der Waals surface area contributed by atoms with E-state index in [1.807, 2.05) is 0 Å². The van der Waals surface area contributed by atoms with Crippen LogP contribution in [0.1, 0.15) is 36.4 Å². The average Bonchev–Trinajstić information content (AvgIpc) is 2.82. The first-order valence-corrected chi connectivity index (χ1v) is 6.41. The maximum atomic E-state index is 10.8. The van der Waals surface area contributed by atoms with Crippen LogP contribution in [0, 0.1) is 0 Å². The molecule has 5 heteroatoms. The number of hydrogen-bond acceptors (Lipinski definition) is 4. The molecule has 18 heavy (non-hydrogen) atoms. The van der Waals surface area contributed by atoms with E-state index in [0.717, 1.165) is 32.6 Å². The molecule has 0 saturated carbocycles. The molecule has 0 spiro atoms. The molecule has 0 aliphatic rings. The lowest BCUT2D eigenvalue weighted by molar-refractivity contribution is 0.0660. The summed E-state index contributed by atoms with van der Waals surface area (Å²) in [6.07, 6.45) is 2.47. The van der Waals surface area contributed by atoms with Gasteiger partial charge in [0.1, 0.15) is 0 Å². The number of rotatable bonds is 9. The highest BCUT2D eigenvalue weighted by molar-refractivity contribution is 5.86. The minimum Gasteiger partial charge on any atom is -0.475 e. The molecule has 2 N–H and O–H groups in total. The number of aromatic carboxylic acids is 1. The summed E-state index contributed by atoms with van der Waals surface area (Å²) >= 11 is 0. The largest absolute Gasteiger partial charge is 0.475 e. The lowest BCUT2D eigenvalue weighted by Gasteiger charge is -2.17. The molecular formula is C13H22N2O3. The first-order valence-electron chi connectivity index (χ1n) is 6.41. The van der Waals surface area contributed by atoms with Gasteiger partial charge in [0.05, 0.1) is 6.26 Å². The van der Waals surface area contributed by atoms with Gasteiger partial charge in [-0.05, 0) is 38.7 Å². The van der Waals surface area contributed by atoms with Gasteiger partial charge in [-0.15, -0.1) is 0 Å². The molecule has 1 rings (SSSR count). The van der Waals surface area contributed by atoms with Crippen LogP contribution >= 0.6 is 0 Å². The molecule has 5 nitrogen and oxygen atoms in total. The zero-order valence-corrected chi connectivity index (χ0v) is 11.1. The molecule has 0 fully saturated rings. The molecule has 0 unspecified atom stereocenters. The number of nitrogens with one attached hydrogen (secondary N) is 1. The average molecular weight is 254 g/mol. The summed E-state index contributed by atoms with van der Waals surface area (Å²) in [7, 11) is 0. The van der Waals surface area contributed by atoms with E-state index in [9.17, 15) is 4.79 Å². The molecule has 1 aromatic rings. The van der Waals surface area contributed by atoms with Gasteiger partial charge in [-0.1, -0.05) is 13.8 Å². The first-order chi connectivity index (χ1) is 8.69. The molecule has 0 amide bonds. The van der Waals surface area contributed by atoms with Crippen LogP contribution in [0.15, 0.2) is 16.7 Å². The highest BCUT2D eigenvalue weighted by Gasteiger charge is 2.12. The minimum absolute atomic E-state index is 0.0336. The van der Waals surface area contributed by atoms with Crippen molar-refractivity contribution < 1.29 is 14.3 Å². The summed E-state index contributed by atoms with van der Waals surface area (Å²) in [5, 5.41) is 12.1. The van der Waals surface area contributed by atoms with Crippen LogP contribution in [0.2, 0.25) is 0 Å². The highest BCUT2D eigenvalue weighted by Crippen LogP contribution is 2.09. The van der Waals surface area contributed by atoms with Gasteiger partial charge in [0.25, 0.3) is 0 Å². The fraction of sp³-hybridized carbons (Fsp3) is 0.615. The van der Waals surface area contributed by atoms with E-state index in [0.29, 0.717) is 12.1 Å². The highest BCUT2D eigenvalue weighted by atomic mass is 16.4. The number of carboxylic acid groups (broad SMARTS) is 1. The van der Waals surface area contributed by atoms with Crippen LogP contribution in [-0.4, -0.2) is 42.2 Å². The molecular weight excluding hydrogens is 232 g/mol. The van der Waals surface area contributed by atoms with Crippen molar-refractivity contribution in [2.45, 2.75) is 26.8 Å². The SMILES string of the molecule is CCN(CC)CCCNCc1ccoc1C(=O)O. The van der Waals surface area contributed by atoms with Gasteiger partial charge in [-0.25, -0.2) is 4.79 Å². The van der Waals surface area contributed by atoms with Crippen LogP contribution in [0.3, 0.4) is 0 Å². The summed E-state index contributed by atoms with van der Waals surface area (Å²) in [4.78, 5) is 13.2. The zero-order chi connectivity index (χ0) is 13.4. The van der Waals surface area contributed by atoms with Crippen LogP contribution in [0.5, 0.6) is 0 Å². The quantitative estimate of drug-likeness (QED) is 0.658. The molecule has 0 radical (unpaired) electrons. The van der Waals surface area contributed by atoms with Crippen molar-refractivity contribution in [3.63, 3.8) is 0 Å². The third-order valence-electron chi connectivity index (χ3n) is 2.98. The fourth-order valence-electron chi connectivity index (χ4n) is 1.85. The number of furan rings is 1. The number of nitrogens with zero attached hydrogens (tertiary/aromatic N) is 1. The third-order valence-corrected chi connectivity index (χ3v) is 2.98. The van der Waals surface area contributed by atoms with Crippen molar-refractivity contribution in [3.05, 3.63) is 23.7 Å². The van der Waals surface area contributed by atoms with Crippen molar-refractivity contribution in [1.82, 2.24) is 10.2 Å². The summed E-state index contributed by atoms with van der Waals surface area (Å²) in [6, 6.07) is 1.70. The maximum Gasteiger partial charge on any atom is 0.372 e. The molecule has 0 saturated heterocycles. The summed E-state index contributed by atoms with van der Waals surface area (Å²) in [6.45, 7) is 8.93. The standard InChI is InChI=1S/C13H22N2O3/c1-3-15(4-2)8-5-7-14-10-11-6-9-18-12(11)13(16)17/h6,9,14H,3-5,7-8,10H2,1-2H3,(H,16,17). The van der Waals surface area contributed by atoms with E-state index in [1.54, 1.807) is 6.07 Å². The maximum absolute atomic E-state index is 10.8. The Labute approximate surface area is 108 Å². The van der Waals surface area contributed by atoms with E-state index in [-0.39, 0.29) is 5.76 Å². The lowest BCUT2D eigenvalue weighted by Crippen LogP contribution is -2.27. The van der Waals surface area contributed by atoms with Gasteiger partial charge < -0.3 is 19.7 Å². The first kappa shape index (κ1) is 14.7. The Kier molecular flexibility index (Phi) is 6.46. The summed E-state index contributed by atoms with van der Waals surface area (Å²) in [5.74, 6) is -0.980. The van der Waals surface area contributed by atoms with E-state index in [1.165, 1.54) is 6.26 Å².